The molecule has 0 bridgehead atoms. The van der Waals surface area contributed by atoms with Gasteiger partial charge in [-0.2, -0.15) is 0 Å². The molecule has 0 spiro atoms. The van der Waals surface area contributed by atoms with Crippen LogP contribution in [0.3, 0.4) is 0 Å². The molecule has 2 heterocycles. The van der Waals surface area contributed by atoms with Gasteiger partial charge in [-0.05, 0) is 39.2 Å². The number of alkyl halides is 1. The standard InChI is InChI=1S/C14H15ClN2OS/c1-8-6-10(12(18)7-15)9(2)17(8)14-16-11-4-3-5-13(11)19-14/h6H,3-5,7H2,1-2H3. The van der Waals surface area contributed by atoms with Crippen molar-refractivity contribution in [1.29, 1.82) is 0 Å². The molecule has 0 unspecified atom stereocenters. The first-order valence-electron chi connectivity index (χ1n) is 6.39. The van der Waals surface area contributed by atoms with Crippen LogP contribution in [0.2, 0.25) is 0 Å². The monoisotopic (exact) mass is 294 g/mol. The van der Waals surface area contributed by atoms with Gasteiger partial charge in [0, 0.05) is 21.8 Å². The molecule has 0 aliphatic heterocycles. The van der Waals surface area contributed by atoms with E-state index in [1.54, 1.807) is 11.3 Å². The fourth-order valence-electron chi connectivity index (χ4n) is 2.68. The molecule has 3 nitrogen and oxygen atoms in total. The summed E-state index contributed by atoms with van der Waals surface area (Å²) >= 11 is 7.40. The molecule has 0 saturated carbocycles. The molecule has 5 heteroatoms. The molecule has 2 aromatic rings. The molecule has 3 rings (SSSR count). The van der Waals surface area contributed by atoms with Crippen molar-refractivity contribution in [2.75, 3.05) is 5.88 Å². The number of carbonyl (C=O) groups excluding carboxylic acids is 1. The van der Waals surface area contributed by atoms with Crippen molar-refractivity contribution in [3.8, 4) is 5.13 Å². The van der Waals surface area contributed by atoms with E-state index in [1.165, 1.54) is 17.0 Å². The molecule has 2 aromatic heterocycles. The summed E-state index contributed by atoms with van der Waals surface area (Å²) < 4.78 is 2.07. The number of ketones is 1. The van der Waals surface area contributed by atoms with Crippen LogP contribution in [0.25, 0.3) is 5.13 Å². The number of nitrogens with zero attached hydrogens (tertiary/aromatic N) is 2. The number of thiazole rings is 1. The second-order valence-corrected chi connectivity index (χ2v) is 6.23. The topological polar surface area (TPSA) is 34.9 Å². The Hall–Kier alpha value is -1.13. The van der Waals surface area contributed by atoms with Crippen molar-refractivity contribution < 1.29 is 4.79 Å². The van der Waals surface area contributed by atoms with Crippen molar-refractivity contribution in [2.45, 2.75) is 33.1 Å². The molecule has 0 atom stereocenters. The second-order valence-electron chi connectivity index (χ2n) is 4.90. The van der Waals surface area contributed by atoms with E-state index in [1.807, 2.05) is 19.9 Å². The Bertz CT molecular complexity index is 635. The van der Waals surface area contributed by atoms with Gasteiger partial charge in [-0.3, -0.25) is 9.36 Å². The minimum Gasteiger partial charge on any atom is -0.294 e. The molecule has 1 aliphatic rings. The van der Waals surface area contributed by atoms with Gasteiger partial charge in [0.05, 0.1) is 11.6 Å². The summed E-state index contributed by atoms with van der Waals surface area (Å²) in [4.78, 5) is 17.9. The lowest BCUT2D eigenvalue weighted by Gasteiger charge is -2.05. The van der Waals surface area contributed by atoms with Crippen LogP contribution in [0, 0.1) is 13.8 Å². The lowest BCUT2D eigenvalue weighted by molar-refractivity contribution is 0.102. The summed E-state index contributed by atoms with van der Waals surface area (Å²) in [6.45, 7) is 3.96. The zero-order chi connectivity index (χ0) is 13.6. The van der Waals surface area contributed by atoms with E-state index in [9.17, 15) is 4.79 Å². The molecule has 0 radical (unpaired) electrons. The first-order chi connectivity index (χ1) is 9.11. The number of aromatic nitrogens is 2. The minimum atomic E-state index is -0.0230. The van der Waals surface area contributed by atoms with E-state index in [2.05, 4.69) is 4.57 Å². The van der Waals surface area contributed by atoms with Gasteiger partial charge in [-0.1, -0.05) is 0 Å². The molecule has 0 N–H and O–H groups in total. The number of fused-ring (bicyclic) bond motifs is 1. The second kappa shape index (κ2) is 4.76. The first-order valence-corrected chi connectivity index (χ1v) is 7.74. The predicted molar refractivity (Wildman–Crippen MR) is 78.0 cm³/mol. The third kappa shape index (κ3) is 2.03. The van der Waals surface area contributed by atoms with Crippen molar-refractivity contribution in [2.24, 2.45) is 0 Å². The third-order valence-electron chi connectivity index (χ3n) is 3.63. The number of halogens is 1. The van der Waals surface area contributed by atoms with Crippen LogP contribution in [0.15, 0.2) is 6.07 Å². The average Bonchev–Trinajstić information content (AvgIpc) is 3.01. The van der Waals surface area contributed by atoms with Crippen LogP contribution < -0.4 is 0 Å². The summed E-state index contributed by atoms with van der Waals surface area (Å²) in [7, 11) is 0. The van der Waals surface area contributed by atoms with Gasteiger partial charge in [0.25, 0.3) is 0 Å². The van der Waals surface area contributed by atoms with Gasteiger partial charge in [-0.15, -0.1) is 22.9 Å². The molecule has 100 valence electrons. The quantitative estimate of drug-likeness (QED) is 0.642. The molecule has 19 heavy (non-hydrogen) atoms. The number of Topliss-reactive ketones (excluding diaryl/α,β-unsaturated/α-hetero) is 1. The van der Waals surface area contributed by atoms with Crippen molar-refractivity contribution in [3.05, 3.63) is 33.6 Å². The largest absolute Gasteiger partial charge is 0.294 e. The van der Waals surface area contributed by atoms with E-state index < -0.39 is 0 Å². The summed E-state index contributed by atoms with van der Waals surface area (Å²) in [6.07, 6.45) is 3.44. The van der Waals surface area contributed by atoms with Gasteiger partial charge in [0.1, 0.15) is 0 Å². The fourth-order valence-corrected chi connectivity index (χ4v) is 4.09. The zero-order valence-electron chi connectivity index (χ0n) is 11.0. The van der Waals surface area contributed by atoms with Crippen LogP contribution in [0.4, 0.5) is 0 Å². The van der Waals surface area contributed by atoms with E-state index in [0.717, 1.165) is 29.4 Å². The van der Waals surface area contributed by atoms with Crippen LogP contribution in [0.1, 0.15) is 38.7 Å². The van der Waals surface area contributed by atoms with Gasteiger partial charge in [0.2, 0.25) is 0 Å². The smallest absolute Gasteiger partial charge is 0.194 e. The van der Waals surface area contributed by atoms with Crippen molar-refractivity contribution >= 4 is 28.7 Å². The lowest BCUT2D eigenvalue weighted by Crippen LogP contribution is -2.04. The third-order valence-corrected chi connectivity index (χ3v) is 5.01. The number of rotatable bonds is 3. The number of carbonyl (C=O) groups is 1. The molecular weight excluding hydrogens is 280 g/mol. The summed E-state index contributed by atoms with van der Waals surface area (Å²) in [5, 5.41) is 0.980. The minimum absolute atomic E-state index is 0.0230. The summed E-state index contributed by atoms with van der Waals surface area (Å²) in [6, 6.07) is 1.91. The van der Waals surface area contributed by atoms with Gasteiger partial charge < -0.3 is 0 Å². The maximum absolute atomic E-state index is 11.8. The fraction of sp³-hybridized carbons (Fsp3) is 0.429. The van der Waals surface area contributed by atoms with Crippen LogP contribution >= 0.6 is 22.9 Å². The van der Waals surface area contributed by atoms with E-state index in [-0.39, 0.29) is 11.7 Å². The lowest BCUT2D eigenvalue weighted by atomic mass is 10.2. The van der Waals surface area contributed by atoms with Crippen LogP contribution in [-0.4, -0.2) is 21.2 Å². The van der Waals surface area contributed by atoms with E-state index in [0.29, 0.717) is 5.56 Å². The normalized spacial score (nSPS) is 13.8. The SMILES string of the molecule is Cc1cc(C(=O)CCl)c(C)n1-c1nc2c(s1)CCC2. The van der Waals surface area contributed by atoms with Gasteiger partial charge in [-0.25, -0.2) is 4.98 Å². The molecule has 1 aliphatic carbocycles. The molecule has 0 amide bonds. The first kappa shape index (κ1) is 12.9. The van der Waals surface area contributed by atoms with Crippen LogP contribution in [0.5, 0.6) is 0 Å². The summed E-state index contributed by atoms with van der Waals surface area (Å²) in [5.41, 5.74) is 3.93. The average molecular weight is 295 g/mol. The number of hydrogen-bond acceptors (Lipinski definition) is 3. The molecular formula is C14H15ClN2OS. The van der Waals surface area contributed by atoms with Gasteiger partial charge in [0.15, 0.2) is 10.9 Å². The van der Waals surface area contributed by atoms with E-state index >= 15 is 0 Å². The Balaban J connectivity index is 2.09. The van der Waals surface area contributed by atoms with Crippen molar-refractivity contribution in [1.82, 2.24) is 9.55 Å². The van der Waals surface area contributed by atoms with E-state index in [4.69, 9.17) is 16.6 Å². The molecule has 0 aromatic carbocycles. The number of hydrogen-bond donors (Lipinski definition) is 0. The molecule has 0 fully saturated rings. The Morgan fingerprint density at radius 3 is 2.95 bits per heavy atom. The highest BCUT2D eigenvalue weighted by atomic mass is 35.5. The Labute approximate surface area is 121 Å². The van der Waals surface area contributed by atoms with Crippen molar-refractivity contribution in [3.63, 3.8) is 0 Å². The number of aryl methyl sites for hydroxylation is 3. The Kier molecular flexibility index (Phi) is 3.23. The highest BCUT2D eigenvalue weighted by Gasteiger charge is 2.21. The predicted octanol–water partition coefficient (Wildman–Crippen LogP) is 3.46. The highest BCUT2D eigenvalue weighted by Crippen LogP contribution is 2.32. The Morgan fingerprint density at radius 2 is 2.26 bits per heavy atom. The molecule has 0 saturated heterocycles. The zero-order valence-corrected chi connectivity index (χ0v) is 12.6. The Morgan fingerprint density at radius 1 is 1.47 bits per heavy atom. The maximum atomic E-state index is 11.8. The highest BCUT2D eigenvalue weighted by molar-refractivity contribution is 7.14. The van der Waals surface area contributed by atoms with Crippen LogP contribution in [-0.2, 0) is 12.8 Å². The maximum Gasteiger partial charge on any atom is 0.194 e. The van der Waals surface area contributed by atoms with Gasteiger partial charge >= 0.3 is 0 Å². The summed E-state index contributed by atoms with van der Waals surface area (Å²) in [5.74, 6) is 0.00341.